The Bertz CT molecular complexity index is 2560. The number of benzene rings is 8. The summed E-state index contributed by atoms with van der Waals surface area (Å²) in [5.41, 5.74) is 17.4. The first-order chi connectivity index (χ1) is 26.9. The number of aromatic nitrogens is 1. The summed E-state index contributed by atoms with van der Waals surface area (Å²) < 4.78 is 2.38. The highest BCUT2D eigenvalue weighted by atomic mass is 15.2. The molecule has 55 heavy (non-hydrogen) atoms. The highest BCUT2D eigenvalue weighted by Gasteiger charge is 2.20. The Morgan fingerprint density at radius 1 is 0.309 bits per heavy atom. The zero-order valence-electron chi connectivity index (χ0n) is 31.7. The minimum absolute atomic E-state index is 1.08. The molecular formula is C52H43N3. The van der Waals surface area contributed by atoms with E-state index in [0.717, 1.165) is 50.9 Å². The Hall–Kier alpha value is -6.84. The van der Waals surface area contributed by atoms with Crippen LogP contribution in [-0.2, 0) is 0 Å². The van der Waals surface area contributed by atoms with Gasteiger partial charge < -0.3 is 14.4 Å². The van der Waals surface area contributed by atoms with Crippen molar-refractivity contribution in [2.75, 3.05) is 9.80 Å². The number of anilines is 6. The van der Waals surface area contributed by atoms with Crippen molar-refractivity contribution in [2.45, 2.75) is 27.7 Å². The SMILES string of the molecule is Cc1ccc(N(c2ccc(C)cc2)c2cc(-c3ccc4c(c3)c3ccccc3n4-c3ccccc3)cc(N(c3ccc(C)cc3)c3ccc(C)cc3)c2)cc1. The second-order valence-electron chi connectivity index (χ2n) is 14.7. The van der Waals surface area contributed by atoms with E-state index < -0.39 is 0 Å². The second kappa shape index (κ2) is 14.2. The van der Waals surface area contributed by atoms with Crippen molar-refractivity contribution >= 4 is 55.9 Å². The van der Waals surface area contributed by atoms with Crippen LogP contribution < -0.4 is 9.80 Å². The lowest BCUT2D eigenvalue weighted by Gasteiger charge is -2.30. The first-order valence-electron chi connectivity index (χ1n) is 19.0. The lowest BCUT2D eigenvalue weighted by Crippen LogP contribution is -2.13. The number of hydrogen-bond acceptors (Lipinski definition) is 2. The molecule has 0 aliphatic heterocycles. The predicted octanol–water partition coefficient (Wildman–Crippen LogP) is 14.6. The molecular weight excluding hydrogens is 667 g/mol. The molecule has 0 fully saturated rings. The van der Waals surface area contributed by atoms with E-state index in [-0.39, 0.29) is 0 Å². The minimum Gasteiger partial charge on any atom is -0.310 e. The molecule has 266 valence electrons. The molecule has 0 unspecified atom stereocenters. The van der Waals surface area contributed by atoms with E-state index in [1.807, 2.05) is 0 Å². The molecule has 0 radical (unpaired) electrons. The molecule has 3 heteroatoms. The van der Waals surface area contributed by atoms with Crippen LogP contribution in [0.5, 0.6) is 0 Å². The smallest absolute Gasteiger partial charge is 0.0541 e. The minimum atomic E-state index is 1.08. The summed E-state index contributed by atoms with van der Waals surface area (Å²) in [7, 11) is 0. The van der Waals surface area contributed by atoms with E-state index in [2.05, 4.69) is 230 Å². The number of para-hydroxylation sites is 2. The van der Waals surface area contributed by atoms with Gasteiger partial charge in [-0.1, -0.05) is 113 Å². The maximum Gasteiger partial charge on any atom is 0.0541 e. The third kappa shape index (κ3) is 6.55. The Morgan fingerprint density at radius 2 is 0.727 bits per heavy atom. The van der Waals surface area contributed by atoms with Crippen LogP contribution in [0.3, 0.4) is 0 Å². The van der Waals surface area contributed by atoms with Crippen molar-refractivity contribution in [1.29, 1.82) is 0 Å². The molecule has 0 spiro atoms. The number of aryl methyl sites for hydroxylation is 4. The summed E-state index contributed by atoms with van der Waals surface area (Å²) >= 11 is 0. The van der Waals surface area contributed by atoms with E-state index in [0.29, 0.717) is 0 Å². The van der Waals surface area contributed by atoms with Gasteiger partial charge in [-0.2, -0.15) is 0 Å². The summed E-state index contributed by atoms with van der Waals surface area (Å²) in [4.78, 5) is 4.77. The van der Waals surface area contributed by atoms with E-state index in [1.165, 1.54) is 44.1 Å². The van der Waals surface area contributed by atoms with Crippen molar-refractivity contribution in [1.82, 2.24) is 4.57 Å². The molecule has 3 nitrogen and oxygen atoms in total. The lowest BCUT2D eigenvalue weighted by atomic mass is 9.99. The molecule has 0 aliphatic carbocycles. The molecule has 0 atom stereocenters. The van der Waals surface area contributed by atoms with Crippen molar-refractivity contribution in [3.63, 3.8) is 0 Å². The molecule has 0 amide bonds. The van der Waals surface area contributed by atoms with Gasteiger partial charge in [0.1, 0.15) is 0 Å². The Kier molecular flexibility index (Phi) is 8.76. The van der Waals surface area contributed by atoms with E-state index in [1.54, 1.807) is 0 Å². The van der Waals surface area contributed by atoms with Crippen LogP contribution in [0.25, 0.3) is 38.6 Å². The topological polar surface area (TPSA) is 11.4 Å². The number of fused-ring (bicyclic) bond motifs is 3. The van der Waals surface area contributed by atoms with Crippen LogP contribution in [0.1, 0.15) is 22.3 Å². The fourth-order valence-corrected chi connectivity index (χ4v) is 7.70. The molecule has 1 heterocycles. The van der Waals surface area contributed by atoms with Crippen molar-refractivity contribution < 1.29 is 0 Å². The molecule has 0 saturated heterocycles. The fourth-order valence-electron chi connectivity index (χ4n) is 7.70. The number of hydrogen-bond donors (Lipinski definition) is 0. The second-order valence-corrected chi connectivity index (χ2v) is 14.7. The van der Waals surface area contributed by atoms with Gasteiger partial charge >= 0.3 is 0 Å². The van der Waals surface area contributed by atoms with Crippen LogP contribution in [0.4, 0.5) is 34.1 Å². The molecule has 0 aliphatic rings. The highest BCUT2D eigenvalue weighted by Crippen LogP contribution is 2.44. The van der Waals surface area contributed by atoms with Gasteiger partial charge in [0.05, 0.1) is 11.0 Å². The summed E-state index contributed by atoms with van der Waals surface area (Å²) in [6.45, 7) is 8.57. The van der Waals surface area contributed by atoms with Gasteiger partial charge in [0.15, 0.2) is 0 Å². The Morgan fingerprint density at radius 3 is 1.20 bits per heavy atom. The van der Waals surface area contributed by atoms with E-state index >= 15 is 0 Å². The van der Waals surface area contributed by atoms with E-state index in [4.69, 9.17) is 0 Å². The quantitative estimate of drug-likeness (QED) is 0.156. The summed E-state index contributed by atoms with van der Waals surface area (Å²) in [6.07, 6.45) is 0. The van der Waals surface area contributed by atoms with Crippen molar-refractivity contribution in [2.24, 2.45) is 0 Å². The van der Waals surface area contributed by atoms with Crippen molar-refractivity contribution in [3.8, 4) is 16.8 Å². The maximum absolute atomic E-state index is 2.38. The Balaban J connectivity index is 1.31. The molecule has 8 aromatic carbocycles. The van der Waals surface area contributed by atoms with Gasteiger partial charge in [-0.15, -0.1) is 0 Å². The zero-order chi connectivity index (χ0) is 37.5. The number of nitrogens with zero attached hydrogens (tertiary/aromatic N) is 3. The third-order valence-electron chi connectivity index (χ3n) is 10.6. The van der Waals surface area contributed by atoms with Gasteiger partial charge in [0.25, 0.3) is 0 Å². The molecule has 9 rings (SSSR count). The predicted molar refractivity (Wildman–Crippen MR) is 235 cm³/mol. The molecule has 9 aromatic rings. The summed E-state index contributed by atoms with van der Waals surface area (Å²) in [6, 6.07) is 68.8. The first-order valence-corrected chi connectivity index (χ1v) is 19.0. The van der Waals surface area contributed by atoms with Crippen LogP contribution in [0.2, 0.25) is 0 Å². The van der Waals surface area contributed by atoms with Gasteiger partial charge in [-0.05, 0) is 136 Å². The standard InChI is InChI=1S/C52H43N3/c1-36-14-23-43(24-15-36)53(44-25-16-37(2)17-26-44)47-32-41(33-48(35-47)54(45-27-18-38(3)19-28-45)46-29-20-39(4)21-30-46)40-22-31-52-50(34-40)49-12-8-9-13-51(49)55(52)42-10-6-5-7-11-42/h5-35H,1-4H3. The lowest BCUT2D eigenvalue weighted by molar-refractivity contribution is 1.18. The maximum atomic E-state index is 2.38. The normalized spacial score (nSPS) is 11.3. The largest absolute Gasteiger partial charge is 0.310 e. The van der Waals surface area contributed by atoms with Gasteiger partial charge in [-0.25, -0.2) is 0 Å². The van der Waals surface area contributed by atoms with Gasteiger partial charge in [0, 0.05) is 50.6 Å². The molecule has 0 saturated carbocycles. The van der Waals surface area contributed by atoms with Crippen LogP contribution in [-0.4, -0.2) is 4.57 Å². The first kappa shape index (κ1) is 34.0. The van der Waals surface area contributed by atoms with E-state index in [9.17, 15) is 0 Å². The average Bonchev–Trinajstić information content (AvgIpc) is 3.55. The van der Waals surface area contributed by atoms with Crippen molar-refractivity contribution in [3.05, 3.63) is 210 Å². The number of rotatable bonds is 8. The van der Waals surface area contributed by atoms with Crippen LogP contribution in [0, 0.1) is 27.7 Å². The highest BCUT2D eigenvalue weighted by molar-refractivity contribution is 6.10. The molecule has 0 N–H and O–H groups in total. The molecule has 1 aromatic heterocycles. The monoisotopic (exact) mass is 709 g/mol. The summed E-state index contributed by atoms with van der Waals surface area (Å²) in [5.74, 6) is 0. The Labute approximate surface area is 324 Å². The fraction of sp³-hybridized carbons (Fsp3) is 0.0769. The third-order valence-corrected chi connectivity index (χ3v) is 10.6. The zero-order valence-corrected chi connectivity index (χ0v) is 31.7. The van der Waals surface area contributed by atoms with Crippen LogP contribution >= 0.6 is 0 Å². The summed E-state index contributed by atoms with van der Waals surface area (Å²) in [5, 5.41) is 2.47. The molecule has 0 bridgehead atoms. The van der Waals surface area contributed by atoms with Gasteiger partial charge in [-0.3, -0.25) is 0 Å². The van der Waals surface area contributed by atoms with Crippen LogP contribution in [0.15, 0.2) is 188 Å². The van der Waals surface area contributed by atoms with Gasteiger partial charge in [0.2, 0.25) is 0 Å². The average molecular weight is 710 g/mol.